The molecule has 0 radical (unpaired) electrons. The van der Waals surface area contributed by atoms with E-state index in [9.17, 15) is 4.79 Å². The second-order valence-electron chi connectivity index (χ2n) is 7.44. The zero-order valence-corrected chi connectivity index (χ0v) is 17.4. The second-order valence-corrected chi connectivity index (χ2v) is 7.84. The number of benzene rings is 2. The predicted octanol–water partition coefficient (Wildman–Crippen LogP) is 4.57. The summed E-state index contributed by atoms with van der Waals surface area (Å²) in [6, 6.07) is 15.8. The van der Waals surface area contributed by atoms with Crippen LogP contribution in [-0.2, 0) is 6.54 Å². The summed E-state index contributed by atoms with van der Waals surface area (Å²) < 4.78 is 5.36. The van der Waals surface area contributed by atoms with Gasteiger partial charge in [0.1, 0.15) is 17.0 Å². The van der Waals surface area contributed by atoms with Crippen molar-refractivity contribution in [2.75, 3.05) is 26.2 Å². The molecule has 0 unspecified atom stereocenters. The summed E-state index contributed by atoms with van der Waals surface area (Å²) in [5.41, 5.74) is 4.37. The molecule has 1 amide bonds. The van der Waals surface area contributed by atoms with Crippen LogP contribution in [0.1, 0.15) is 27.2 Å². The first-order chi connectivity index (χ1) is 14.0. The molecule has 0 spiro atoms. The van der Waals surface area contributed by atoms with E-state index in [4.69, 9.17) is 16.1 Å². The van der Waals surface area contributed by atoms with Gasteiger partial charge in [0, 0.05) is 38.3 Å². The predicted molar refractivity (Wildman–Crippen MR) is 114 cm³/mol. The van der Waals surface area contributed by atoms with E-state index in [1.54, 1.807) is 13.0 Å². The number of rotatable bonds is 4. The molecule has 1 saturated heterocycles. The highest BCUT2D eigenvalue weighted by molar-refractivity contribution is 6.33. The van der Waals surface area contributed by atoms with Crippen molar-refractivity contribution in [1.82, 2.24) is 15.0 Å². The number of aromatic nitrogens is 1. The van der Waals surface area contributed by atoms with Gasteiger partial charge in [-0.25, -0.2) is 0 Å². The lowest BCUT2D eigenvalue weighted by Gasteiger charge is -2.35. The van der Waals surface area contributed by atoms with Crippen molar-refractivity contribution in [3.63, 3.8) is 0 Å². The largest absolute Gasteiger partial charge is 0.360 e. The second kappa shape index (κ2) is 8.39. The van der Waals surface area contributed by atoms with Gasteiger partial charge in [0.05, 0.1) is 5.02 Å². The molecule has 2 aromatic carbocycles. The summed E-state index contributed by atoms with van der Waals surface area (Å²) in [5, 5.41) is 4.68. The SMILES string of the molecule is Cc1ccccc1CN1CCN(C(=O)c2c(-c3ccccc3Cl)noc2C)CC1. The van der Waals surface area contributed by atoms with Crippen molar-refractivity contribution < 1.29 is 9.32 Å². The highest BCUT2D eigenvalue weighted by atomic mass is 35.5. The van der Waals surface area contributed by atoms with Crippen LogP contribution in [0.2, 0.25) is 5.02 Å². The molecule has 0 aliphatic carbocycles. The fraction of sp³-hybridized carbons (Fsp3) is 0.304. The van der Waals surface area contributed by atoms with Crippen molar-refractivity contribution >= 4 is 17.5 Å². The topological polar surface area (TPSA) is 49.6 Å². The Morgan fingerprint density at radius 3 is 2.45 bits per heavy atom. The van der Waals surface area contributed by atoms with E-state index in [0.29, 0.717) is 40.7 Å². The van der Waals surface area contributed by atoms with Crippen LogP contribution in [0, 0.1) is 13.8 Å². The summed E-state index contributed by atoms with van der Waals surface area (Å²) in [4.78, 5) is 17.5. The van der Waals surface area contributed by atoms with Crippen LogP contribution in [0.4, 0.5) is 0 Å². The molecule has 4 rings (SSSR count). The highest BCUT2D eigenvalue weighted by Gasteiger charge is 2.29. The minimum Gasteiger partial charge on any atom is -0.360 e. The zero-order valence-electron chi connectivity index (χ0n) is 16.7. The van der Waals surface area contributed by atoms with E-state index in [1.807, 2.05) is 23.1 Å². The molecule has 1 fully saturated rings. The minimum atomic E-state index is -0.0470. The third-order valence-corrected chi connectivity index (χ3v) is 5.85. The monoisotopic (exact) mass is 409 g/mol. The molecule has 0 saturated carbocycles. The highest BCUT2D eigenvalue weighted by Crippen LogP contribution is 2.32. The number of aryl methyl sites for hydroxylation is 2. The summed E-state index contributed by atoms with van der Waals surface area (Å²) in [6.07, 6.45) is 0. The Bertz CT molecular complexity index is 1020. The molecule has 1 aliphatic heterocycles. The first-order valence-corrected chi connectivity index (χ1v) is 10.2. The summed E-state index contributed by atoms with van der Waals surface area (Å²) >= 11 is 6.33. The first kappa shape index (κ1) is 19.7. The molecule has 0 atom stereocenters. The Hall–Kier alpha value is -2.63. The van der Waals surface area contributed by atoms with Gasteiger partial charge in [-0.05, 0) is 31.0 Å². The average Bonchev–Trinajstić information content (AvgIpc) is 3.11. The number of carbonyl (C=O) groups excluding carboxylic acids is 1. The maximum atomic E-state index is 13.3. The van der Waals surface area contributed by atoms with E-state index in [1.165, 1.54) is 11.1 Å². The van der Waals surface area contributed by atoms with E-state index >= 15 is 0 Å². The third-order valence-electron chi connectivity index (χ3n) is 5.52. The van der Waals surface area contributed by atoms with Crippen LogP contribution < -0.4 is 0 Å². The number of nitrogens with zero attached hydrogens (tertiary/aromatic N) is 3. The molecule has 0 bridgehead atoms. The van der Waals surface area contributed by atoms with Crippen LogP contribution in [0.3, 0.4) is 0 Å². The van der Waals surface area contributed by atoms with Gasteiger partial charge in [0.25, 0.3) is 5.91 Å². The van der Waals surface area contributed by atoms with Crippen LogP contribution in [0.5, 0.6) is 0 Å². The molecular weight excluding hydrogens is 386 g/mol. The summed E-state index contributed by atoms with van der Waals surface area (Å²) in [6.45, 7) is 7.85. The van der Waals surface area contributed by atoms with Crippen LogP contribution >= 0.6 is 11.6 Å². The van der Waals surface area contributed by atoms with Gasteiger partial charge in [-0.15, -0.1) is 0 Å². The Labute approximate surface area is 175 Å². The van der Waals surface area contributed by atoms with Crippen LogP contribution in [-0.4, -0.2) is 47.0 Å². The zero-order chi connectivity index (χ0) is 20.4. The van der Waals surface area contributed by atoms with E-state index in [-0.39, 0.29) is 5.91 Å². The number of halogens is 1. The Balaban J connectivity index is 1.48. The lowest BCUT2D eigenvalue weighted by molar-refractivity contribution is 0.0627. The Kier molecular flexibility index (Phi) is 5.69. The van der Waals surface area contributed by atoms with Crippen molar-refractivity contribution in [1.29, 1.82) is 0 Å². The molecular formula is C23H24ClN3O2. The summed E-state index contributed by atoms with van der Waals surface area (Å²) in [5.74, 6) is 0.474. The number of hydrogen-bond donors (Lipinski definition) is 0. The van der Waals surface area contributed by atoms with Crippen LogP contribution in [0.15, 0.2) is 53.1 Å². The third kappa shape index (κ3) is 4.07. The van der Waals surface area contributed by atoms with Gasteiger partial charge in [0.15, 0.2) is 0 Å². The molecule has 6 heteroatoms. The Morgan fingerprint density at radius 2 is 1.72 bits per heavy atom. The van der Waals surface area contributed by atoms with Crippen molar-refractivity contribution in [3.8, 4) is 11.3 Å². The lowest BCUT2D eigenvalue weighted by Crippen LogP contribution is -2.48. The Morgan fingerprint density at radius 1 is 1.03 bits per heavy atom. The number of hydrogen-bond acceptors (Lipinski definition) is 4. The normalized spacial score (nSPS) is 14.9. The van der Waals surface area contributed by atoms with Gasteiger partial charge in [-0.1, -0.05) is 59.2 Å². The number of amides is 1. The van der Waals surface area contributed by atoms with Gasteiger partial charge < -0.3 is 9.42 Å². The minimum absolute atomic E-state index is 0.0470. The molecule has 1 aromatic heterocycles. The maximum absolute atomic E-state index is 13.3. The molecule has 0 N–H and O–H groups in total. The molecule has 1 aliphatic rings. The number of carbonyl (C=O) groups is 1. The first-order valence-electron chi connectivity index (χ1n) is 9.82. The lowest BCUT2D eigenvalue weighted by atomic mass is 10.0. The van der Waals surface area contributed by atoms with Gasteiger partial charge >= 0.3 is 0 Å². The number of piperazine rings is 1. The fourth-order valence-corrected chi connectivity index (χ4v) is 3.98. The molecule has 2 heterocycles. The van der Waals surface area contributed by atoms with Gasteiger partial charge in [-0.2, -0.15) is 0 Å². The van der Waals surface area contributed by atoms with E-state index in [2.05, 4.69) is 41.2 Å². The van der Waals surface area contributed by atoms with E-state index < -0.39 is 0 Å². The molecule has 3 aromatic rings. The van der Waals surface area contributed by atoms with E-state index in [0.717, 1.165) is 19.6 Å². The fourth-order valence-electron chi connectivity index (χ4n) is 3.76. The summed E-state index contributed by atoms with van der Waals surface area (Å²) in [7, 11) is 0. The van der Waals surface area contributed by atoms with Gasteiger partial charge in [0.2, 0.25) is 0 Å². The average molecular weight is 410 g/mol. The quantitative estimate of drug-likeness (QED) is 0.633. The van der Waals surface area contributed by atoms with Gasteiger partial charge in [-0.3, -0.25) is 9.69 Å². The maximum Gasteiger partial charge on any atom is 0.259 e. The van der Waals surface area contributed by atoms with Crippen LogP contribution in [0.25, 0.3) is 11.3 Å². The van der Waals surface area contributed by atoms with Crippen molar-refractivity contribution in [3.05, 3.63) is 76.0 Å². The molecule has 29 heavy (non-hydrogen) atoms. The smallest absolute Gasteiger partial charge is 0.259 e. The molecule has 5 nitrogen and oxygen atoms in total. The van der Waals surface area contributed by atoms with Crippen molar-refractivity contribution in [2.24, 2.45) is 0 Å². The van der Waals surface area contributed by atoms with Crippen molar-refractivity contribution in [2.45, 2.75) is 20.4 Å². The molecule has 150 valence electrons. The standard InChI is InChI=1S/C23H24ClN3O2/c1-16-7-3-4-8-18(16)15-26-11-13-27(14-12-26)23(28)21-17(2)29-25-22(21)19-9-5-6-10-20(19)24/h3-10H,11-15H2,1-2H3.